The van der Waals surface area contributed by atoms with Crippen LogP contribution >= 0.6 is 0 Å². The smallest absolute Gasteiger partial charge is 0.408 e. The molecule has 1 atom stereocenters. The number of carboxylic acids is 1. The maximum absolute atomic E-state index is 12.7. The lowest BCUT2D eigenvalue weighted by Gasteiger charge is -2.16. The number of alkyl carbamates (subject to hydrolysis) is 1. The fourth-order valence-corrected chi connectivity index (χ4v) is 3.06. The van der Waals surface area contributed by atoms with Gasteiger partial charge in [0.05, 0.1) is 24.9 Å². The summed E-state index contributed by atoms with van der Waals surface area (Å²) in [4.78, 5) is 36.1. The number of hydrogen-bond donors (Lipinski definition) is 2. The SMILES string of the molecule is COc1ccc(-n2nc(C)cc2OCC(=O)[C@H](CC(=O)O)NC(=O)OCc2ccccc2)cc1. The molecule has 0 unspecified atom stereocenters. The van der Waals surface area contributed by atoms with Gasteiger partial charge in [-0.15, -0.1) is 0 Å². The van der Waals surface area contributed by atoms with Crippen molar-refractivity contribution >= 4 is 17.8 Å². The number of carbonyl (C=O) groups is 3. The summed E-state index contributed by atoms with van der Waals surface area (Å²) in [5, 5.41) is 15.8. The van der Waals surface area contributed by atoms with Gasteiger partial charge < -0.3 is 24.6 Å². The molecular formula is C24H25N3O7. The fraction of sp³-hybridized carbons (Fsp3) is 0.250. The predicted octanol–water partition coefficient (Wildman–Crippen LogP) is 2.91. The number of carbonyl (C=O) groups excluding carboxylic acids is 2. The average molecular weight is 467 g/mol. The zero-order chi connectivity index (χ0) is 24.5. The number of benzene rings is 2. The number of aryl methyl sites for hydroxylation is 1. The number of nitrogens with one attached hydrogen (secondary N) is 1. The number of ether oxygens (including phenoxy) is 3. The lowest BCUT2D eigenvalue weighted by atomic mass is 10.1. The van der Waals surface area contributed by atoms with E-state index >= 15 is 0 Å². The molecule has 0 aliphatic heterocycles. The monoisotopic (exact) mass is 467 g/mol. The van der Waals surface area contributed by atoms with Crippen LogP contribution in [0.1, 0.15) is 17.7 Å². The number of hydrogen-bond acceptors (Lipinski definition) is 7. The molecule has 0 saturated heterocycles. The van der Waals surface area contributed by atoms with Gasteiger partial charge in [-0.3, -0.25) is 9.59 Å². The van der Waals surface area contributed by atoms with Gasteiger partial charge in [-0.05, 0) is 36.8 Å². The molecule has 1 aromatic heterocycles. The number of ketones is 1. The van der Waals surface area contributed by atoms with Gasteiger partial charge in [-0.25, -0.2) is 9.48 Å². The van der Waals surface area contributed by atoms with Gasteiger partial charge >= 0.3 is 12.1 Å². The summed E-state index contributed by atoms with van der Waals surface area (Å²) in [6, 6.07) is 16.4. The highest BCUT2D eigenvalue weighted by molar-refractivity contribution is 5.91. The highest BCUT2D eigenvalue weighted by atomic mass is 16.5. The highest BCUT2D eigenvalue weighted by Crippen LogP contribution is 2.21. The maximum atomic E-state index is 12.7. The Balaban J connectivity index is 1.63. The first kappa shape index (κ1) is 24.3. The molecule has 1 amide bonds. The molecule has 0 bridgehead atoms. The van der Waals surface area contributed by atoms with Gasteiger partial charge in [0.2, 0.25) is 5.88 Å². The van der Waals surface area contributed by atoms with Crippen LogP contribution in [0.5, 0.6) is 11.6 Å². The molecule has 178 valence electrons. The summed E-state index contributed by atoms with van der Waals surface area (Å²) < 4.78 is 17.4. The average Bonchev–Trinajstić information content (AvgIpc) is 3.21. The molecule has 0 aliphatic rings. The molecule has 3 rings (SSSR count). The first-order chi connectivity index (χ1) is 16.4. The topological polar surface area (TPSA) is 129 Å². The molecule has 1 heterocycles. The Bertz CT molecular complexity index is 1130. The van der Waals surface area contributed by atoms with Crippen molar-refractivity contribution in [2.45, 2.75) is 26.0 Å². The minimum atomic E-state index is -1.32. The summed E-state index contributed by atoms with van der Waals surface area (Å²) in [7, 11) is 1.56. The lowest BCUT2D eigenvalue weighted by molar-refractivity contribution is -0.139. The molecule has 2 aromatic carbocycles. The van der Waals surface area contributed by atoms with E-state index in [2.05, 4.69) is 10.4 Å². The molecular weight excluding hydrogens is 442 g/mol. The summed E-state index contributed by atoms with van der Waals surface area (Å²) in [5.41, 5.74) is 2.09. The summed E-state index contributed by atoms with van der Waals surface area (Å²) in [6.45, 7) is 1.28. The van der Waals surface area contributed by atoms with Crippen LogP contribution in [0.4, 0.5) is 4.79 Å². The number of methoxy groups -OCH3 is 1. The van der Waals surface area contributed by atoms with Crippen LogP contribution in [0.3, 0.4) is 0 Å². The third-order valence-corrected chi connectivity index (χ3v) is 4.75. The third-order valence-electron chi connectivity index (χ3n) is 4.75. The van der Waals surface area contributed by atoms with Crippen LogP contribution in [0.25, 0.3) is 5.69 Å². The fourth-order valence-electron chi connectivity index (χ4n) is 3.06. The summed E-state index contributed by atoms with van der Waals surface area (Å²) in [6.07, 6.45) is -1.51. The molecule has 10 nitrogen and oxygen atoms in total. The molecule has 2 N–H and O–H groups in total. The molecule has 10 heteroatoms. The Morgan fingerprint density at radius 2 is 1.79 bits per heavy atom. The standard InChI is InChI=1S/C24H25N3O7/c1-16-12-22(27(26-16)18-8-10-19(32-2)11-9-18)33-15-21(28)20(13-23(29)30)25-24(31)34-14-17-6-4-3-5-7-17/h3-12,20H,13-15H2,1-2H3,(H,25,31)(H,29,30)/t20-/m0/s1. The van der Waals surface area contributed by atoms with Crippen molar-refractivity contribution in [3.05, 3.63) is 71.9 Å². The zero-order valence-electron chi connectivity index (χ0n) is 18.8. The van der Waals surface area contributed by atoms with E-state index in [0.717, 1.165) is 5.56 Å². The number of amides is 1. The summed E-state index contributed by atoms with van der Waals surface area (Å²) >= 11 is 0. The van der Waals surface area contributed by atoms with Crippen molar-refractivity contribution in [2.75, 3.05) is 13.7 Å². The third kappa shape index (κ3) is 6.83. The van der Waals surface area contributed by atoms with Crippen molar-refractivity contribution in [3.63, 3.8) is 0 Å². The molecule has 0 spiro atoms. The maximum Gasteiger partial charge on any atom is 0.408 e. The van der Waals surface area contributed by atoms with Gasteiger partial charge in [-0.2, -0.15) is 5.10 Å². The van der Waals surface area contributed by atoms with E-state index in [9.17, 15) is 14.4 Å². The minimum absolute atomic E-state index is 0.0164. The van der Waals surface area contributed by atoms with E-state index in [0.29, 0.717) is 17.1 Å². The van der Waals surface area contributed by atoms with E-state index in [1.54, 1.807) is 68.6 Å². The van der Waals surface area contributed by atoms with Crippen LogP contribution in [0, 0.1) is 6.92 Å². The zero-order valence-corrected chi connectivity index (χ0v) is 18.8. The number of aliphatic carboxylic acids is 1. The predicted molar refractivity (Wildman–Crippen MR) is 121 cm³/mol. The molecule has 3 aromatic rings. The van der Waals surface area contributed by atoms with Gasteiger partial charge in [0, 0.05) is 6.07 Å². The molecule has 0 radical (unpaired) electrons. The normalized spacial score (nSPS) is 11.4. The number of aromatic nitrogens is 2. The second-order valence-corrected chi connectivity index (χ2v) is 7.35. The first-order valence-electron chi connectivity index (χ1n) is 10.4. The van der Waals surface area contributed by atoms with Gasteiger partial charge in [0.25, 0.3) is 0 Å². The molecule has 0 fully saturated rings. The largest absolute Gasteiger partial charge is 0.497 e. The number of rotatable bonds is 11. The van der Waals surface area contributed by atoms with Crippen molar-refractivity contribution in [1.29, 1.82) is 0 Å². The van der Waals surface area contributed by atoms with E-state index in [4.69, 9.17) is 19.3 Å². The highest BCUT2D eigenvalue weighted by Gasteiger charge is 2.25. The van der Waals surface area contributed by atoms with Crippen molar-refractivity contribution in [2.24, 2.45) is 0 Å². The van der Waals surface area contributed by atoms with Gasteiger partial charge in [0.15, 0.2) is 12.4 Å². The Morgan fingerprint density at radius 1 is 1.09 bits per heavy atom. The van der Waals surface area contributed by atoms with Gasteiger partial charge in [0.1, 0.15) is 18.4 Å². The molecule has 0 saturated carbocycles. The Morgan fingerprint density at radius 3 is 2.44 bits per heavy atom. The van der Waals surface area contributed by atoms with E-state index in [1.165, 1.54) is 4.68 Å². The van der Waals surface area contributed by atoms with Crippen LogP contribution in [0.15, 0.2) is 60.7 Å². The Hall–Kier alpha value is -4.34. The van der Waals surface area contributed by atoms with Crippen LogP contribution in [-0.2, 0) is 20.9 Å². The van der Waals surface area contributed by atoms with Crippen molar-refractivity contribution in [3.8, 4) is 17.3 Å². The summed E-state index contributed by atoms with van der Waals surface area (Å²) in [5.74, 6) is -0.913. The number of nitrogens with zero attached hydrogens (tertiary/aromatic N) is 2. The van der Waals surface area contributed by atoms with Crippen molar-refractivity contribution < 1.29 is 33.7 Å². The first-order valence-corrected chi connectivity index (χ1v) is 10.4. The number of Topliss-reactive ketones (excluding diaryl/α,β-unsaturated/α-hetero) is 1. The Labute approximate surface area is 196 Å². The number of carboxylic acid groups (broad SMARTS) is 1. The van der Waals surface area contributed by atoms with Crippen LogP contribution < -0.4 is 14.8 Å². The second-order valence-electron chi connectivity index (χ2n) is 7.35. The van der Waals surface area contributed by atoms with E-state index in [-0.39, 0.29) is 12.5 Å². The van der Waals surface area contributed by atoms with Gasteiger partial charge in [-0.1, -0.05) is 30.3 Å². The molecule has 34 heavy (non-hydrogen) atoms. The van der Waals surface area contributed by atoms with Crippen LogP contribution in [0.2, 0.25) is 0 Å². The second kappa shape index (κ2) is 11.5. The quantitative estimate of drug-likeness (QED) is 0.440. The van der Waals surface area contributed by atoms with E-state index in [1.807, 2.05) is 6.07 Å². The molecule has 0 aliphatic carbocycles. The van der Waals surface area contributed by atoms with Crippen molar-refractivity contribution in [1.82, 2.24) is 15.1 Å². The van der Waals surface area contributed by atoms with Crippen LogP contribution in [-0.4, -0.2) is 52.5 Å². The lowest BCUT2D eigenvalue weighted by Crippen LogP contribution is -2.44. The minimum Gasteiger partial charge on any atom is -0.497 e. The van der Waals surface area contributed by atoms with E-state index < -0.39 is 36.9 Å². The Kier molecular flexibility index (Phi) is 8.22.